The minimum Gasteiger partial charge on any atom is -0.398 e. The maximum absolute atomic E-state index is 12.0. The molecule has 1 aromatic carbocycles. The van der Waals surface area contributed by atoms with E-state index in [4.69, 9.17) is 5.73 Å². The van der Waals surface area contributed by atoms with E-state index in [2.05, 4.69) is 4.72 Å². The van der Waals surface area contributed by atoms with Gasteiger partial charge in [-0.2, -0.15) is 0 Å². The first-order chi connectivity index (χ1) is 9.27. The highest BCUT2D eigenvalue weighted by molar-refractivity contribution is 7.91. The van der Waals surface area contributed by atoms with Crippen molar-refractivity contribution in [2.45, 2.75) is 12.2 Å². The van der Waals surface area contributed by atoms with Gasteiger partial charge in [-0.1, -0.05) is 18.2 Å². The number of rotatable bonds is 5. The van der Waals surface area contributed by atoms with E-state index in [1.807, 2.05) is 0 Å². The van der Waals surface area contributed by atoms with Gasteiger partial charge in [-0.25, -0.2) is 21.6 Å². The summed E-state index contributed by atoms with van der Waals surface area (Å²) in [4.78, 5) is 0. The van der Waals surface area contributed by atoms with Crippen LogP contribution in [0.15, 0.2) is 24.3 Å². The number of anilines is 1. The van der Waals surface area contributed by atoms with E-state index >= 15 is 0 Å². The third kappa shape index (κ3) is 4.19. The lowest BCUT2D eigenvalue weighted by Gasteiger charge is -2.11. The van der Waals surface area contributed by atoms with Gasteiger partial charge in [0.2, 0.25) is 10.0 Å². The number of hydrogen-bond donors (Lipinski definition) is 2. The van der Waals surface area contributed by atoms with Crippen molar-refractivity contribution in [3.63, 3.8) is 0 Å². The van der Waals surface area contributed by atoms with Crippen LogP contribution in [0.5, 0.6) is 0 Å². The summed E-state index contributed by atoms with van der Waals surface area (Å²) in [5, 5.41) is 0. The first kappa shape index (κ1) is 15.3. The van der Waals surface area contributed by atoms with Crippen LogP contribution in [0.25, 0.3) is 0 Å². The quantitative estimate of drug-likeness (QED) is 0.750. The lowest BCUT2D eigenvalue weighted by atomic mass is 10.1. The zero-order valence-electron chi connectivity index (χ0n) is 10.9. The summed E-state index contributed by atoms with van der Waals surface area (Å²) in [5.74, 6) is -0.129. The molecule has 0 aliphatic carbocycles. The molecule has 1 atom stereocenters. The van der Waals surface area contributed by atoms with E-state index in [9.17, 15) is 16.8 Å². The van der Waals surface area contributed by atoms with E-state index < -0.39 is 19.9 Å². The van der Waals surface area contributed by atoms with Crippen LogP contribution in [0, 0.1) is 5.92 Å². The number of para-hydroxylation sites is 1. The summed E-state index contributed by atoms with van der Waals surface area (Å²) in [6.07, 6.45) is 0.512. The fourth-order valence-corrected chi connectivity index (χ4v) is 5.33. The first-order valence-electron chi connectivity index (χ1n) is 6.28. The van der Waals surface area contributed by atoms with E-state index in [0.717, 1.165) is 0 Å². The summed E-state index contributed by atoms with van der Waals surface area (Å²) in [5.41, 5.74) is 6.68. The highest BCUT2D eigenvalue weighted by atomic mass is 32.2. The average molecular weight is 318 g/mol. The molecule has 0 amide bonds. The van der Waals surface area contributed by atoms with Gasteiger partial charge < -0.3 is 5.73 Å². The van der Waals surface area contributed by atoms with Crippen LogP contribution in [0.4, 0.5) is 5.69 Å². The highest BCUT2D eigenvalue weighted by Crippen LogP contribution is 2.18. The van der Waals surface area contributed by atoms with E-state index in [1.165, 1.54) is 0 Å². The molecule has 1 aromatic rings. The van der Waals surface area contributed by atoms with Gasteiger partial charge in [-0.3, -0.25) is 0 Å². The third-order valence-corrected chi connectivity index (χ3v) is 6.45. The standard InChI is InChI=1S/C12H18N2O4S2/c13-12-4-2-1-3-11(12)9-20(17,18)14-7-10-5-6-19(15,16)8-10/h1-4,10,14H,5-9,13H2. The molecule has 1 heterocycles. The van der Waals surface area contributed by atoms with Gasteiger partial charge in [0, 0.05) is 12.2 Å². The second-order valence-electron chi connectivity index (χ2n) is 5.08. The lowest BCUT2D eigenvalue weighted by Crippen LogP contribution is -2.31. The predicted octanol–water partition coefficient (Wildman–Crippen LogP) is 0.123. The number of sulfone groups is 1. The number of nitrogens with two attached hydrogens (primary N) is 1. The summed E-state index contributed by atoms with van der Waals surface area (Å²) in [7, 11) is -6.49. The molecule has 112 valence electrons. The number of nitrogens with one attached hydrogen (secondary N) is 1. The van der Waals surface area contributed by atoms with Crippen LogP contribution in [0.2, 0.25) is 0 Å². The molecule has 1 aliphatic heterocycles. The number of benzene rings is 1. The Bertz CT molecular complexity index is 683. The molecule has 1 fully saturated rings. The smallest absolute Gasteiger partial charge is 0.215 e. The van der Waals surface area contributed by atoms with Crippen molar-refractivity contribution in [2.24, 2.45) is 5.92 Å². The molecule has 0 saturated carbocycles. The van der Waals surface area contributed by atoms with Gasteiger partial charge in [-0.05, 0) is 24.0 Å². The molecule has 2 rings (SSSR count). The van der Waals surface area contributed by atoms with Crippen molar-refractivity contribution in [1.29, 1.82) is 0 Å². The molecule has 1 saturated heterocycles. The van der Waals surface area contributed by atoms with Crippen molar-refractivity contribution < 1.29 is 16.8 Å². The Morgan fingerprint density at radius 2 is 2.00 bits per heavy atom. The average Bonchev–Trinajstić information content (AvgIpc) is 2.70. The molecule has 6 nitrogen and oxygen atoms in total. The Labute approximate surface area is 119 Å². The SMILES string of the molecule is Nc1ccccc1CS(=O)(=O)NCC1CCS(=O)(=O)C1. The molecule has 20 heavy (non-hydrogen) atoms. The van der Waals surface area contributed by atoms with Crippen LogP contribution >= 0.6 is 0 Å². The summed E-state index contributed by atoms with van der Waals surface area (Å²) < 4.78 is 49.0. The van der Waals surface area contributed by atoms with Crippen molar-refractivity contribution >= 4 is 25.5 Å². The summed E-state index contributed by atoms with van der Waals surface area (Å²) >= 11 is 0. The summed E-state index contributed by atoms with van der Waals surface area (Å²) in [6.45, 7) is 0.161. The Morgan fingerprint density at radius 3 is 2.60 bits per heavy atom. The van der Waals surface area contributed by atoms with Crippen LogP contribution < -0.4 is 10.5 Å². The maximum Gasteiger partial charge on any atom is 0.215 e. The molecule has 0 spiro atoms. The molecule has 8 heteroatoms. The van der Waals surface area contributed by atoms with E-state index in [1.54, 1.807) is 24.3 Å². The largest absolute Gasteiger partial charge is 0.398 e. The molecule has 0 bridgehead atoms. The Hall–Kier alpha value is -1.12. The molecule has 0 aromatic heterocycles. The zero-order valence-corrected chi connectivity index (χ0v) is 12.6. The maximum atomic E-state index is 12.0. The number of sulfonamides is 1. The zero-order chi connectivity index (χ0) is 14.8. The van der Waals surface area contributed by atoms with Crippen molar-refractivity contribution in [3.05, 3.63) is 29.8 Å². The van der Waals surface area contributed by atoms with Crippen molar-refractivity contribution in [3.8, 4) is 0 Å². The Kier molecular flexibility index (Phi) is 4.36. The molecule has 0 radical (unpaired) electrons. The normalized spacial score (nSPS) is 21.9. The minimum atomic E-state index is -3.51. The predicted molar refractivity (Wildman–Crippen MR) is 78.2 cm³/mol. The van der Waals surface area contributed by atoms with Crippen LogP contribution in [-0.2, 0) is 25.6 Å². The van der Waals surface area contributed by atoms with Gasteiger partial charge >= 0.3 is 0 Å². The number of nitrogen functional groups attached to an aromatic ring is 1. The van der Waals surface area contributed by atoms with Gasteiger partial charge in [0.1, 0.15) is 0 Å². The molecular weight excluding hydrogens is 300 g/mol. The van der Waals surface area contributed by atoms with Crippen molar-refractivity contribution in [1.82, 2.24) is 4.72 Å². The Morgan fingerprint density at radius 1 is 1.30 bits per heavy atom. The third-order valence-electron chi connectivity index (χ3n) is 3.32. The second kappa shape index (κ2) is 5.71. The molecular formula is C12H18N2O4S2. The molecule has 1 unspecified atom stereocenters. The fourth-order valence-electron chi connectivity index (χ4n) is 2.20. The summed E-state index contributed by atoms with van der Waals surface area (Å²) in [6, 6.07) is 6.77. The van der Waals surface area contributed by atoms with Gasteiger partial charge in [0.15, 0.2) is 9.84 Å². The molecule has 1 aliphatic rings. The van der Waals surface area contributed by atoms with Gasteiger partial charge in [0.05, 0.1) is 17.3 Å². The number of hydrogen-bond acceptors (Lipinski definition) is 5. The van der Waals surface area contributed by atoms with Crippen molar-refractivity contribution in [2.75, 3.05) is 23.8 Å². The van der Waals surface area contributed by atoms with Crippen LogP contribution in [0.3, 0.4) is 0 Å². The minimum absolute atomic E-state index is 0.0585. The Balaban J connectivity index is 1.94. The van der Waals surface area contributed by atoms with E-state index in [0.29, 0.717) is 17.7 Å². The lowest BCUT2D eigenvalue weighted by molar-refractivity contribution is 0.542. The monoisotopic (exact) mass is 318 g/mol. The van der Waals surface area contributed by atoms with Gasteiger partial charge in [0.25, 0.3) is 0 Å². The van der Waals surface area contributed by atoms with Gasteiger partial charge in [-0.15, -0.1) is 0 Å². The van der Waals surface area contributed by atoms with E-state index in [-0.39, 0.29) is 29.7 Å². The second-order valence-corrected chi connectivity index (χ2v) is 9.11. The molecule has 3 N–H and O–H groups in total. The van der Waals surface area contributed by atoms with Crippen LogP contribution in [0.1, 0.15) is 12.0 Å². The topological polar surface area (TPSA) is 106 Å². The fraction of sp³-hybridized carbons (Fsp3) is 0.500. The first-order valence-corrected chi connectivity index (χ1v) is 9.76. The highest BCUT2D eigenvalue weighted by Gasteiger charge is 2.28. The van der Waals surface area contributed by atoms with Crippen LogP contribution in [-0.4, -0.2) is 34.9 Å².